The fourth-order valence-electron chi connectivity index (χ4n) is 12.0. The van der Waals surface area contributed by atoms with Crippen molar-refractivity contribution in [1.82, 2.24) is 8.35 Å². The molecule has 496 valence electrons. The molecule has 12 aromatic carbocycles. The van der Waals surface area contributed by atoms with Gasteiger partial charge in [0.25, 0.3) is 0 Å². The summed E-state index contributed by atoms with van der Waals surface area (Å²) in [6.07, 6.45) is -0.131. The molecule has 0 aliphatic carbocycles. The van der Waals surface area contributed by atoms with E-state index in [2.05, 4.69) is 385 Å². The number of nitrogens with zero attached hydrogens (tertiary/aromatic N) is 6. The van der Waals surface area contributed by atoms with Crippen LogP contribution in [0.25, 0.3) is 21.3 Å². The van der Waals surface area contributed by atoms with E-state index in [-0.39, 0.29) is 42.4 Å². The van der Waals surface area contributed by atoms with Crippen molar-refractivity contribution in [3.63, 3.8) is 0 Å². The van der Waals surface area contributed by atoms with Crippen LogP contribution >= 0.6 is 28.2 Å². The summed E-state index contributed by atoms with van der Waals surface area (Å²) in [5, 5.41) is 29.7. The SMILES string of the molecule is C[C@@H]1[N-]C(=O)CC[N-]C(=O)[C@H](C)[N-]C(=O)CC[N-]C1=O.[Ni+2].c1ccc(P(=[N+]=P(c2ccccc2)(c2ccccc2)c2ccccc2)(c2ccccc2)c2ccccc2)cc1.c1ccc(P(=[N+]=P(c2ccccc2)(c2ccccc2)c2ccccc2)(c2ccccc2)c2ccccc2)cc1. The Morgan fingerprint density at radius 1 is 0.242 bits per heavy atom. The van der Waals surface area contributed by atoms with Gasteiger partial charge >= 0.3 is 44.7 Å². The summed E-state index contributed by atoms with van der Waals surface area (Å²) in [5.74, 6) is -2.11. The van der Waals surface area contributed by atoms with E-state index >= 15 is 0 Å². The number of amides is 4. The third kappa shape index (κ3) is 16.7. The van der Waals surface area contributed by atoms with Crippen LogP contribution in [0.1, 0.15) is 26.7 Å². The summed E-state index contributed by atoms with van der Waals surface area (Å²) in [6.45, 7) is 2.83. The Morgan fingerprint density at radius 3 is 0.505 bits per heavy atom. The van der Waals surface area contributed by atoms with Gasteiger partial charge in [-0.25, -0.2) is 0 Å². The molecule has 0 unspecified atom stereocenters. The molecule has 0 bridgehead atoms. The summed E-state index contributed by atoms with van der Waals surface area (Å²) >= 11 is 0. The molecule has 1 heterocycles. The van der Waals surface area contributed by atoms with Crippen LogP contribution in [0.4, 0.5) is 0 Å². The molecule has 12 aromatic rings. The normalized spacial score (nSPS) is 14.4. The van der Waals surface area contributed by atoms with E-state index in [4.69, 9.17) is 8.35 Å². The molecule has 0 N–H and O–H groups in total. The first-order valence-electron chi connectivity index (χ1n) is 32.7. The number of hydrogen-bond donors (Lipinski definition) is 0. The zero-order chi connectivity index (χ0) is 67.9. The molecule has 0 spiro atoms. The minimum absolute atomic E-state index is 0. The summed E-state index contributed by atoms with van der Waals surface area (Å²) < 4.78 is 12.8. The number of benzene rings is 12. The smallest absolute Gasteiger partial charge is 0.654 e. The Kier molecular flexibility index (Phi) is 25.5. The van der Waals surface area contributed by atoms with E-state index in [1.54, 1.807) is 0 Å². The third-order valence-electron chi connectivity index (χ3n) is 16.7. The third-order valence-corrected chi connectivity index (χ3v) is 33.5. The Morgan fingerprint density at radius 2 is 0.374 bits per heavy atom. The van der Waals surface area contributed by atoms with Crippen LogP contribution in [0, 0.1) is 0 Å². The van der Waals surface area contributed by atoms with Crippen molar-refractivity contribution in [3.8, 4) is 0 Å². The van der Waals surface area contributed by atoms with Crippen molar-refractivity contribution in [2.24, 2.45) is 0 Å². The van der Waals surface area contributed by atoms with Crippen molar-refractivity contribution in [1.29, 1.82) is 0 Å². The van der Waals surface area contributed by atoms with E-state index in [9.17, 15) is 19.2 Å². The average Bonchev–Trinajstić information content (AvgIpc) is 0.727. The van der Waals surface area contributed by atoms with E-state index in [0.717, 1.165) is 0 Å². The molecule has 10 nitrogen and oxygen atoms in total. The second-order valence-corrected chi connectivity index (χ2v) is 35.8. The van der Waals surface area contributed by atoms with E-state index in [0.29, 0.717) is 0 Å². The molecule has 4 amide bonds. The second-order valence-electron chi connectivity index (χ2n) is 23.1. The molecule has 2 atom stereocenters. The quantitative estimate of drug-likeness (QED) is 0.0679. The van der Waals surface area contributed by atoms with Gasteiger partial charge in [0.05, 0.1) is 75.5 Å². The van der Waals surface area contributed by atoms with Gasteiger partial charge in [0.1, 0.15) is 0 Å². The van der Waals surface area contributed by atoms with Gasteiger partial charge in [0.2, 0.25) is 0 Å². The predicted molar refractivity (Wildman–Crippen MR) is 416 cm³/mol. The van der Waals surface area contributed by atoms with Crippen molar-refractivity contribution in [3.05, 3.63) is 385 Å². The summed E-state index contributed by atoms with van der Waals surface area (Å²) in [6, 6.07) is 130. The van der Waals surface area contributed by atoms with Crippen LogP contribution in [-0.2, 0) is 35.7 Å². The van der Waals surface area contributed by atoms with Crippen LogP contribution in [0.5, 0.6) is 0 Å². The van der Waals surface area contributed by atoms with Gasteiger partial charge in [-0.05, 0) is 158 Å². The molecular weight excluding hydrogens is 1340 g/mol. The van der Waals surface area contributed by atoms with Gasteiger partial charge < -0.3 is 40.4 Å². The van der Waals surface area contributed by atoms with Crippen molar-refractivity contribution in [2.45, 2.75) is 38.8 Å². The Balaban J connectivity index is 0.000000169. The van der Waals surface area contributed by atoms with Crippen molar-refractivity contribution >= 4 is 116 Å². The first kappa shape index (κ1) is 71.9. The maximum absolute atomic E-state index is 11.5. The molecule has 1 saturated heterocycles. The maximum Gasteiger partial charge on any atom is 2.00 e. The summed E-state index contributed by atoms with van der Waals surface area (Å²) in [4.78, 5) is 45.9. The zero-order valence-electron chi connectivity index (χ0n) is 55.0. The molecule has 0 radical (unpaired) electrons. The summed E-state index contributed by atoms with van der Waals surface area (Å²) in [7, 11) is -9.99. The number of carbonyl (C=O) groups excluding carboxylic acids is 4. The van der Waals surface area contributed by atoms with Crippen molar-refractivity contribution in [2.75, 3.05) is 13.1 Å². The molecule has 1 aliphatic heterocycles. The number of hydrogen-bond acceptors (Lipinski definition) is 4. The van der Waals surface area contributed by atoms with Gasteiger partial charge in [0, 0.05) is 11.8 Å². The standard InChI is InChI=1S/2C36H30NP2.C12H20N4O4.Ni/c2*1-7-19-31(20-8-1)38(32-21-9-2-10-22-32,33-23-11-3-12-24-33)37-39(34-25-13-4-14-26-34,35-27-15-5-16-28-35)36-29-17-6-18-30-36;1-7-11(19)13-5-4-10(18)16-8(2)12(20)14-6-3-9(17)15-7;/h2*1-30H;7-8H,3-6H2,1-2H3,(H4,13,14,15,16,17,18,19,20);/q2*+1;;+2/p-4/t;;7-,8-;/m..0./s1. The van der Waals surface area contributed by atoms with Gasteiger partial charge in [-0.15, -0.1) is 21.4 Å². The largest absolute Gasteiger partial charge is 2.00 e. The van der Waals surface area contributed by atoms with Crippen LogP contribution in [0.3, 0.4) is 0 Å². The monoisotopic (exact) mass is 1410 g/mol. The minimum Gasteiger partial charge on any atom is -0.654 e. The molecule has 15 heteroatoms. The van der Waals surface area contributed by atoms with Crippen LogP contribution in [0.15, 0.2) is 364 Å². The maximum atomic E-state index is 11.5. The second kappa shape index (κ2) is 35.1. The van der Waals surface area contributed by atoms with Crippen molar-refractivity contribution < 1.29 is 35.7 Å². The summed E-state index contributed by atoms with van der Waals surface area (Å²) in [5.41, 5.74) is 0. The van der Waals surface area contributed by atoms with Gasteiger partial charge in [-0.3, -0.25) is 0 Å². The predicted octanol–water partition coefficient (Wildman–Crippen LogP) is 14.0. The van der Waals surface area contributed by atoms with E-state index in [1.165, 1.54) is 77.5 Å². The van der Waals surface area contributed by atoms with E-state index < -0.39 is 63.9 Å². The molecule has 99 heavy (non-hydrogen) atoms. The molecule has 1 fully saturated rings. The Bertz CT molecular complexity index is 3850. The van der Waals surface area contributed by atoms with Gasteiger partial charge in [-0.2, -0.15) is 0 Å². The molecular formula is C84H76N6NiO4P4. The van der Waals surface area contributed by atoms with Gasteiger partial charge in [0.15, 0.2) is 0 Å². The van der Waals surface area contributed by atoms with E-state index in [1.807, 2.05) is 0 Å². The molecule has 0 saturated carbocycles. The van der Waals surface area contributed by atoms with Crippen LogP contribution in [-0.4, -0.2) is 48.8 Å². The zero-order valence-corrected chi connectivity index (χ0v) is 59.6. The average molecular weight is 1420 g/mol. The minimum atomic E-state index is -2.50. The molecule has 0 aromatic heterocycles. The van der Waals surface area contributed by atoms with Crippen LogP contribution < -0.4 is 72.0 Å². The first-order valence-corrected chi connectivity index (χ1v) is 39.7. The number of carbonyl (C=O) groups is 4. The topological polar surface area (TPSA) is 153 Å². The fraction of sp³-hybridized carbons (Fsp3) is 0.0952. The first-order chi connectivity index (χ1) is 48.1. The molecule has 13 rings (SSSR count). The number of rotatable bonds is 12. The molecule has 1 aliphatic rings. The van der Waals surface area contributed by atoms with Crippen LogP contribution in [0.2, 0.25) is 0 Å². The Labute approximate surface area is 592 Å². The fourth-order valence-corrected chi connectivity index (χ4v) is 31.0. The van der Waals surface area contributed by atoms with Gasteiger partial charge in [-0.1, -0.05) is 244 Å². The Hall–Kier alpha value is -9.85.